The molecule has 0 fully saturated rings. The van der Waals surface area contributed by atoms with E-state index in [1.807, 2.05) is 0 Å². The second kappa shape index (κ2) is 8.96. The van der Waals surface area contributed by atoms with Gasteiger partial charge in [-0.3, -0.25) is 0 Å². The molecule has 0 saturated carbocycles. The summed E-state index contributed by atoms with van der Waals surface area (Å²) in [5, 5.41) is -0.193. The first-order valence-corrected chi connectivity index (χ1v) is 8.88. The Hall–Kier alpha value is -0.0500. The average Bonchev–Trinajstić information content (AvgIpc) is 2.28. The lowest BCUT2D eigenvalue weighted by Crippen LogP contribution is -2.32. The van der Waals surface area contributed by atoms with Gasteiger partial charge in [-0.1, -0.05) is 53.4 Å². The third kappa shape index (κ3) is 5.41. The van der Waals surface area contributed by atoms with E-state index in [2.05, 4.69) is 27.7 Å². The van der Waals surface area contributed by atoms with Gasteiger partial charge in [0.1, 0.15) is 0 Å². The highest BCUT2D eigenvalue weighted by Crippen LogP contribution is 2.25. The van der Waals surface area contributed by atoms with Gasteiger partial charge in [0.05, 0.1) is 10.5 Å². The first-order chi connectivity index (χ1) is 8.04. The minimum Gasteiger partial charge on any atom is -0.228 e. The van der Waals surface area contributed by atoms with Gasteiger partial charge >= 0.3 is 0 Å². The van der Waals surface area contributed by atoms with Crippen LogP contribution in [0.15, 0.2) is 0 Å². The van der Waals surface area contributed by atoms with Crippen LogP contribution in [0.2, 0.25) is 0 Å². The Morgan fingerprint density at radius 3 is 1.06 bits per heavy atom. The maximum absolute atomic E-state index is 12.6. The Bertz CT molecular complexity index is 236. The third-order valence-corrected chi connectivity index (χ3v) is 6.17. The van der Waals surface area contributed by atoms with Crippen LogP contribution in [0.25, 0.3) is 0 Å². The summed E-state index contributed by atoms with van der Waals surface area (Å²) in [5.41, 5.74) is 0. The van der Waals surface area contributed by atoms with Gasteiger partial charge in [0.25, 0.3) is 0 Å². The van der Waals surface area contributed by atoms with Gasteiger partial charge in [-0.05, 0) is 25.7 Å². The fourth-order valence-electron chi connectivity index (χ4n) is 2.51. The standard InChI is InChI=1S/C14H30O2S/c1-5-9-13(10-6-2)17(15,16)14(11-7-3)12-8-4/h13-14H,5-12H2,1-4H3. The van der Waals surface area contributed by atoms with Crippen molar-refractivity contribution in [1.29, 1.82) is 0 Å². The lowest BCUT2D eigenvalue weighted by atomic mass is 10.1. The zero-order valence-corrected chi connectivity index (χ0v) is 12.9. The van der Waals surface area contributed by atoms with Crippen LogP contribution in [-0.2, 0) is 9.84 Å². The number of sulfone groups is 1. The molecule has 0 aliphatic heterocycles. The largest absolute Gasteiger partial charge is 0.228 e. The number of hydrogen-bond donors (Lipinski definition) is 0. The van der Waals surface area contributed by atoms with Gasteiger partial charge in [-0.2, -0.15) is 0 Å². The van der Waals surface area contributed by atoms with Crippen LogP contribution in [0, 0.1) is 0 Å². The van der Waals surface area contributed by atoms with E-state index in [0.29, 0.717) is 0 Å². The van der Waals surface area contributed by atoms with Gasteiger partial charge in [0, 0.05) is 0 Å². The topological polar surface area (TPSA) is 34.1 Å². The molecule has 0 amide bonds. The maximum Gasteiger partial charge on any atom is 0.156 e. The maximum atomic E-state index is 12.6. The van der Waals surface area contributed by atoms with Crippen LogP contribution >= 0.6 is 0 Å². The Balaban J connectivity index is 4.86. The molecule has 0 aromatic heterocycles. The van der Waals surface area contributed by atoms with E-state index in [4.69, 9.17) is 0 Å². The molecule has 0 heterocycles. The average molecular weight is 262 g/mol. The van der Waals surface area contributed by atoms with Gasteiger partial charge in [0.15, 0.2) is 9.84 Å². The normalized spacial score (nSPS) is 12.6. The highest BCUT2D eigenvalue weighted by molar-refractivity contribution is 7.92. The van der Waals surface area contributed by atoms with Crippen molar-refractivity contribution in [3.63, 3.8) is 0 Å². The van der Waals surface area contributed by atoms with Crippen LogP contribution in [0.5, 0.6) is 0 Å². The van der Waals surface area contributed by atoms with Crippen molar-refractivity contribution in [3.05, 3.63) is 0 Å². The monoisotopic (exact) mass is 262 g/mol. The van der Waals surface area contributed by atoms with Crippen molar-refractivity contribution < 1.29 is 8.42 Å². The number of rotatable bonds is 10. The van der Waals surface area contributed by atoms with E-state index in [0.717, 1.165) is 51.4 Å². The summed E-state index contributed by atoms with van der Waals surface area (Å²) in [6.45, 7) is 8.30. The van der Waals surface area contributed by atoms with Crippen molar-refractivity contribution in [2.24, 2.45) is 0 Å². The van der Waals surface area contributed by atoms with E-state index in [1.165, 1.54) is 0 Å². The second-order valence-electron chi connectivity index (χ2n) is 4.99. The molecule has 3 heteroatoms. The molecule has 0 aromatic rings. The van der Waals surface area contributed by atoms with Crippen LogP contribution in [0.4, 0.5) is 0 Å². The first kappa shape index (κ1) is 16.9. The van der Waals surface area contributed by atoms with E-state index < -0.39 is 9.84 Å². The fourth-order valence-corrected chi connectivity index (χ4v) is 5.31. The molecule has 2 nitrogen and oxygen atoms in total. The molecule has 0 aliphatic carbocycles. The Labute approximate surface area is 108 Å². The summed E-state index contributed by atoms with van der Waals surface area (Å²) < 4.78 is 25.2. The number of hydrogen-bond acceptors (Lipinski definition) is 2. The van der Waals surface area contributed by atoms with Gasteiger partial charge < -0.3 is 0 Å². The summed E-state index contributed by atoms with van der Waals surface area (Å²) >= 11 is 0. The van der Waals surface area contributed by atoms with Gasteiger partial charge in [-0.15, -0.1) is 0 Å². The van der Waals surface area contributed by atoms with Crippen molar-refractivity contribution in [2.75, 3.05) is 0 Å². The molecule has 0 atom stereocenters. The van der Waals surface area contributed by atoms with Crippen molar-refractivity contribution >= 4 is 9.84 Å². The summed E-state index contributed by atoms with van der Waals surface area (Å²) in [5.74, 6) is 0. The highest BCUT2D eigenvalue weighted by Gasteiger charge is 2.31. The van der Waals surface area contributed by atoms with E-state index in [1.54, 1.807) is 0 Å². The van der Waals surface area contributed by atoms with Crippen molar-refractivity contribution in [2.45, 2.75) is 89.6 Å². The Morgan fingerprint density at radius 1 is 0.647 bits per heavy atom. The lowest BCUT2D eigenvalue weighted by Gasteiger charge is -2.23. The third-order valence-electron chi connectivity index (χ3n) is 3.37. The Kier molecular flexibility index (Phi) is 8.93. The van der Waals surface area contributed by atoms with Crippen LogP contribution in [0.1, 0.15) is 79.1 Å². The van der Waals surface area contributed by atoms with E-state index >= 15 is 0 Å². The van der Waals surface area contributed by atoms with Crippen LogP contribution < -0.4 is 0 Å². The lowest BCUT2D eigenvalue weighted by molar-refractivity contribution is 0.522. The molecule has 0 radical (unpaired) electrons. The molecular formula is C14H30O2S. The predicted octanol–water partition coefficient (Wildman–Crippen LogP) is 4.34. The predicted molar refractivity (Wildman–Crippen MR) is 76.1 cm³/mol. The molecule has 0 spiro atoms. The molecule has 0 aromatic carbocycles. The summed E-state index contributed by atoms with van der Waals surface area (Å²) in [6, 6.07) is 0. The van der Waals surface area contributed by atoms with E-state index in [9.17, 15) is 8.42 Å². The quantitative estimate of drug-likeness (QED) is 0.587. The van der Waals surface area contributed by atoms with Crippen molar-refractivity contribution in [1.82, 2.24) is 0 Å². The molecule has 17 heavy (non-hydrogen) atoms. The molecule has 0 aliphatic rings. The molecule has 0 bridgehead atoms. The second-order valence-corrected chi connectivity index (χ2v) is 7.50. The van der Waals surface area contributed by atoms with E-state index in [-0.39, 0.29) is 10.5 Å². The van der Waals surface area contributed by atoms with Gasteiger partial charge in [0.2, 0.25) is 0 Å². The Morgan fingerprint density at radius 2 is 0.882 bits per heavy atom. The summed E-state index contributed by atoms with van der Waals surface area (Å²) in [4.78, 5) is 0. The van der Waals surface area contributed by atoms with Crippen molar-refractivity contribution in [3.8, 4) is 0 Å². The zero-order valence-electron chi connectivity index (χ0n) is 12.0. The fraction of sp³-hybridized carbons (Fsp3) is 1.00. The minimum absolute atomic E-state index is 0.0967. The molecule has 0 unspecified atom stereocenters. The molecular weight excluding hydrogens is 232 g/mol. The minimum atomic E-state index is -2.91. The summed E-state index contributed by atoms with van der Waals surface area (Å²) in [6.07, 6.45) is 7.20. The zero-order chi connectivity index (χ0) is 13.3. The summed E-state index contributed by atoms with van der Waals surface area (Å²) in [7, 11) is -2.91. The van der Waals surface area contributed by atoms with Gasteiger partial charge in [-0.25, -0.2) is 8.42 Å². The molecule has 0 rings (SSSR count). The van der Waals surface area contributed by atoms with Crippen LogP contribution in [0.3, 0.4) is 0 Å². The molecule has 104 valence electrons. The highest BCUT2D eigenvalue weighted by atomic mass is 32.2. The SMILES string of the molecule is CCCC(CCC)S(=O)(=O)C(CCC)CCC. The smallest absolute Gasteiger partial charge is 0.156 e. The molecule has 0 N–H and O–H groups in total. The first-order valence-electron chi connectivity index (χ1n) is 7.27. The van der Waals surface area contributed by atoms with Crippen LogP contribution in [-0.4, -0.2) is 18.9 Å². The molecule has 0 saturated heterocycles.